The largest absolute Gasteiger partial charge is 0.360 e. The maximum absolute atomic E-state index is 13.2. The molecule has 0 saturated carbocycles. The van der Waals surface area contributed by atoms with E-state index in [9.17, 15) is 9.59 Å². The average molecular weight is 499 g/mol. The first-order chi connectivity index (χ1) is 15.4. The first-order valence-electron chi connectivity index (χ1n) is 10.9. The summed E-state index contributed by atoms with van der Waals surface area (Å²) in [6, 6.07) is 9.66. The Hall–Kier alpha value is -2.71. The average Bonchev–Trinajstić information content (AvgIpc) is 3.42. The van der Waals surface area contributed by atoms with E-state index in [2.05, 4.69) is 43.2 Å². The fraction of sp³-hybridized carbons (Fsp3) is 0.375. The number of nitrogens with one attached hydrogen (secondary N) is 2. The van der Waals surface area contributed by atoms with Crippen LogP contribution in [-0.4, -0.2) is 52.4 Å². The molecule has 1 unspecified atom stereocenters. The highest BCUT2D eigenvalue weighted by Gasteiger charge is 2.24. The van der Waals surface area contributed by atoms with Crippen LogP contribution in [0.3, 0.4) is 0 Å². The Balaban J connectivity index is 1.43. The zero-order valence-electron chi connectivity index (χ0n) is 18.3. The Morgan fingerprint density at radius 2 is 2.06 bits per heavy atom. The van der Waals surface area contributed by atoms with Crippen LogP contribution >= 0.6 is 15.9 Å². The molecule has 1 atom stereocenters. The van der Waals surface area contributed by atoms with Gasteiger partial charge in [0.15, 0.2) is 5.78 Å². The first-order valence-corrected chi connectivity index (χ1v) is 11.7. The molecule has 1 aliphatic heterocycles. The highest BCUT2D eigenvalue weighted by Crippen LogP contribution is 2.28. The maximum atomic E-state index is 13.2. The van der Waals surface area contributed by atoms with Gasteiger partial charge in [0, 0.05) is 40.9 Å². The standard InChI is InChI=1S/C24H27BrN4O3/c1-15-5-3-4-11-29(15)12-10-26-24(31)20-13-18(14-27-20)23(30)21-16(2)32-28-22(21)17-6-8-19(25)9-7-17/h6-9,13-15,27H,3-5,10-12H2,1-2H3,(H,26,31). The van der Waals surface area contributed by atoms with Crippen molar-refractivity contribution in [1.29, 1.82) is 0 Å². The second kappa shape index (κ2) is 9.83. The number of ketones is 1. The molecule has 0 radical (unpaired) electrons. The van der Waals surface area contributed by atoms with Gasteiger partial charge in [-0.05, 0) is 51.4 Å². The molecule has 168 valence electrons. The number of likely N-dealkylation sites (tertiary alicyclic amines) is 1. The molecule has 32 heavy (non-hydrogen) atoms. The Labute approximate surface area is 195 Å². The number of halogens is 1. The van der Waals surface area contributed by atoms with E-state index in [0.717, 1.165) is 23.1 Å². The number of aromatic nitrogens is 2. The summed E-state index contributed by atoms with van der Waals surface area (Å²) in [5, 5.41) is 7.04. The summed E-state index contributed by atoms with van der Waals surface area (Å²) >= 11 is 3.41. The van der Waals surface area contributed by atoms with Crippen LogP contribution in [0.1, 0.15) is 58.4 Å². The van der Waals surface area contributed by atoms with E-state index in [0.29, 0.717) is 40.9 Å². The Bertz CT molecular complexity index is 1100. The Morgan fingerprint density at radius 1 is 1.28 bits per heavy atom. The van der Waals surface area contributed by atoms with Gasteiger partial charge < -0.3 is 14.8 Å². The van der Waals surface area contributed by atoms with Gasteiger partial charge >= 0.3 is 0 Å². The summed E-state index contributed by atoms with van der Waals surface area (Å²) in [5.41, 5.74) is 2.43. The number of carbonyl (C=O) groups excluding carboxylic acids is 2. The molecular formula is C24H27BrN4O3. The van der Waals surface area contributed by atoms with Crippen LogP contribution in [0.25, 0.3) is 11.3 Å². The zero-order chi connectivity index (χ0) is 22.7. The van der Waals surface area contributed by atoms with Crippen molar-refractivity contribution in [2.24, 2.45) is 0 Å². The molecule has 3 aromatic rings. The molecule has 8 heteroatoms. The van der Waals surface area contributed by atoms with Crippen LogP contribution in [-0.2, 0) is 0 Å². The van der Waals surface area contributed by atoms with E-state index in [-0.39, 0.29) is 11.7 Å². The third-order valence-corrected chi connectivity index (χ3v) is 6.55. The number of nitrogens with zero attached hydrogens (tertiary/aromatic N) is 2. The minimum absolute atomic E-state index is 0.219. The molecule has 1 aliphatic rings. The summed E-state index contributed by atoms with van der Waals surface area (Å²) in [4.78, 5) is 31.1. The number of rotatable bonds is 7. The number of aryl methyl sites for hydroxylation is 1. The SMILES string of the molecule is Cc1onc(-c2ccc(Br)cc2)c1C(=O)c1c[nH]c(C(=O)NCCN2CCCCC2C)c1. The third-order valence-electron chi connectivity index (χ3n) is 6.02. The van der Waals surface area contributed by atoms with E-state index >= 15 is 0 Å². The molecule has 1 saturated heterocycles. The molecular weight excluding hydrogens is 472 g/mol. The first kappa shape index (κ1) is 22.5. The van der Waals surface area contributed by atoms with Gasteiger partial charge in [-0.25, -0.2) is 0 Å². The molecule has 0 aliphatic carbocycles. The van der Waals surface area contributed by atoms with Crippen molar-refractivity contribution in [2.45, 2.75) is 39.2 Å². The Kier molecular flexibility index (Phi) is 6.91. The van der Waals surface area contributed by atoms with Crippen LogP contribution in [0.15, 0.2) is 45.5 Å². The molecule has 0 spiro atoms. The maximum Gasteiger partial charge on any atom is 0.267 e. The van der Waals surface area contributed by atoms with E-state index in [4.69, 9.17) is 4.52 Å². The molecule has 1 fully saturated rings. The van der Waals surface area contributed by atoms with Crippen molar-refractivity contribution in [1.82, 2.24) is 20.4 Å². The van der Waals surface area contributed by atoms with Crippen molar-refractivity contribution in [3.05, 3.63) is 63.6 Å². The van der Waals surface area contributed by atoms with Gasteiger partial charge in [0.2, 0.25) is 0 Å². The summed E-state index contributed by atoms with van der Waals surface area (Å²) in [6.45, 7) is 6.43. The number of amides is 1. The molecule has 1 amide bonds. The zero-order valence-corrected chi connectivity index (χ0v) is 19.9. The molecule has 3 heterocycles. The lowest BCUT2D eigenvalue weighted by atomic mass is 9.99. The van der Waals surface area contributed by atoms with Gasteiger partial charge in [-0.2, -0.15) is 0 Å². The van der Waals surface area contributed by atoms with Gasteiger partial charge in [0.1, 0.15) is 17.1 Å². The lowest BCUT2D eigenvalue weighted by molar-refractivity contribution is 0.0934. The van der Waals surface area contributed by atoms with Gasteiger partial charge in [0.25, 0.3) is 5.91 Å². The van der Waals surface area contributed by atoms with Crippen molar-refractivity contribution >= 4 is 27.6 Å². The lowest BCUT2D eigenvalue weighted by Crippen LogP contribution is -2.42. The predicted octanol–water partition coefficient (Wildman–Crippen LogP) is 4.58. The number of carbonyl (C=O) groups is 2. The predicted molar refractivity (Wildman–Crippen MR) is 126 cm³/mol. The molecule has 0 bridgehead atoms. The topological polar surface area (TPSA) is 91.2 Å². The van der Waals surface area contributed by atoms with Crippen molar-refractivity contribution in [3.63, 3.8) is 0 Å². The number of piperidine rings is 1. The summed E-state index contributed by atoms with van der Waals surface area (Å²) in [5.74, 6) is -0.0150. The van der Waals surface area contributed by atoms with Crippen LogP contribution in [0.5, 0.6) is 0 Å². The van der Waals surface area contributed by atoms with Crippen molar-refractivity contribution in [2.75, 3.05) is 19.6 Å². The van der Waals surface area contributed by atoms with E-state index in [1.165, 1.54) is 19.3 Å². The van der Waals surface area contributed by atoms with Crippen LogP contribution in [0, 0.1) is 6.92 Å². The van der Waals surface area contributed by atoms with Crippen LogP contribution < -0.4 is 5.32 Å². The van der Waals surface area contributed by atoms with Crippen LogP contribution in [0.4, 0.5) is 0 Å². The third kappa shape index (κ3) is 4.86. The highest BCUT2D eigenvalue weighted by atomic mass is 79.9. The lowest BCUT2D eigenvalue weighted by Gasteiger charge is -2.33. The highest BCUT2D eigenvalue weighted by molar-refractivity contribution is 9.10. The smallest absolute Gasteiger partial charge is 0.267 e. The van der Waals surface area contributed by atoms with E-state index < -0.39 is 0 Å². The Morgan fingerprint density at radius 3 is 2.81 bits per heavy atom. The minimum atomic E-state index is -0.237. The fourth-order valence-electron chi connectivity index (χ4n) is 4.14. The second-order valence-electron chi connectivity index (χ2n) is 8.24. The minimum Gasteiger partial charge on any atom is -0.360 e. The molecule has 2 aromatic heterocycles. The quantitative estimate of drug-likeness (QED) is 0.465. The number of aromatic amines is 1. The summed E-state index contributed by atoms with van der Waals surface area (Å²) in [6.07, 6.45) is 5.26. The van der Waals surface area contributed by atoms with Crippen molar-refractivity contribution in [3.8, 4) is 11.3 Å². The number of H-pyrrole nitrogens is 1. The van der Waals surface area contributed by atoms with Gasteiger partial charge in [-0.1, -0.05) is 39.6 Å². The molecule has 2 N–H and O–H groups in total. The van der Waals surface area contributed by atoms with Gasteiger partial charge in [-0.3, -0.25) is 14.5 Å². The number of hydrogen-bond acceptors (Lipinski definition) is 5. The van der Waals surface area contributed by atoms with E-state index in [1.807, 2.05) is 24.3 Å². The van der Waals surface area contributed by atoms with Crippen LogP contribution in [0.2, 0.25) is 0 Å². The summed E-state index contributed by atoms with van der Waals surface area (Å²) < 4.78 is 6.26. The van der Waals surface area contributed by atoms with Crippen molar-refractivity contribution < 1.29 is 14.1 Å². The molecule has 4 rings (SSSR count). The molecule has 1 aromatic carbocycles. The second-order valence-corrected chi connectivity index (χ2v) is 9.15. The fourth-order valence-corrected chi connectivity index (χ4v) is 4.41. The van der Waals surface area contributed by atoms with Gasteiger partial charge in [-0.15, -0.1) is 0 Å². The molecule has 7 nitrogen and oxygen atoms in total. The monoisotopic (exact) mass is 498 g/mol. The van der Waals surface area contributed by atoms with E-state index in [1.54, 1.807) is 19.2 Å². The van der Waals surface area contributed by atoms with Gasteiger partial charge in [0.05, 0.1) is 5.56 Å². The normalized spacial score (nSPS) is 16.8. The number of benzene rings is 1. The number of hydrogen-bond donors (Lipinski definition) is 2. The summed E-state index contributed by atoms with van der Waals surface area (Å²) in [7, 11) is 0.